The van der Waals surface area contributed by atoms with Crippen molar-refractivity contribution in [3.8, 4) is 0 Å². The Balaban J connectivity index is 0.00000320. The van der Waals surface area contributed by atoms with E-state index in [0.717, 1.165) is 32.1 Å². The van der Waals surface area contributed by atoms with Crippen LogP contribution in [0.1, 0.15) is 85.5 Å². The third-order valence-corrected chi connectivity index (χ3v) is 10.3. The molecule has 0 aromatic carbocycles. The van der Waals surface area contributed by atoms with Crippen LogP contribution >= 0.6 is 0 Å². The van der Waals surface area contributed by atoms with Gasteiger partial charge in [-0.25, -0.2) is 0 Å². The van der Waals surface area contributed by atoms with Crippen LogP contribution in [0.4, 0.5) is 0 Å². The number of Topliss-reactive ketones (excluding diaryl/α,β-unsaturated/α-hetero) is 1. The van der Waals surface area contributed by atoms with Crippen LogP contribution < -0.4 is 34.7 Å². The van der Waals surface area contributed by atoms with Gasteiger partial charge >= 0.3 is 35.5 Å². The molecule has 4 fully saturated rings. The summed E-state index contributed by atoms with van der Waals surface area (Å²) in [7, 11) is 0. The number of carboxylic acids is 1. The van der Waals surface area contributed by atoms with Gasteiger partial charge in [-0.05, 0) is 88.0 Å². The number of aliphatic carboxylic acids is 1. The van der Waals surface area contributed by atoms with Crippen molar-refractivity contribution in [2.24, 2.45) is 28.6 Å². The molecule has 1 aliphatic heterocycles. The predicted molar refractivity (Wildman–Crippen MR) is 125 cm³/mol. The minimum atomic E-state index is -1.34. The van der Waals surface area contributed by atoms with Crippen LogP contribution in [0.25, 0.3) is 0 Å². The van der Waals surface area contributed by atoms with Crippen molar-refractivity contribution < 1.29 is 68.1 Å². The molecule has 1 heterocycles. The zero-order chi connectivity index (χ0) is 26.1. The number of hydrogen-bond donors (Lipinski definition) is 0. The average molecular weight is 525 g/mol. The molecule has 198 valence electrons. The number of carbonyl (C=O) groups excluding carboxylic acids is 4. The maximum Gasteiger partial charge on any atom is 1.00 e. The number of ether oxygens (including phenoxy) is 3. The molecular weight excluding hydrogens is 487 g/mol. The molecule has 0 unspecified atom stereocenters. The van der Waals surface area contributed by atoms with Gasteiger partial charge in [0.25, 0.3) is 0 Å². The first-order valence-corrected chi connectivity index (χ1v) is 13.3. The molecule has 0 N–H and O–H groups in total. The molecule has 0 radical (unpaired) electrons. The second kappa shape index (κ2) is 9.84. The van der Waals surface area contributed by atoms with Crippen molar-refractivity contribution in [1.82, 2.24) is 0 Å². The van der Waals surface area contributed by atoms with Crippen LogP contribution in [0.2, 0.25) is 0 Å². The monoisotopic (exact) mass is 524 g/mol. The summed E-state index contributed by atoms with van der Waals surface area (Å²) >= 11 is 0. The van der Waals surface area contributed by atoms with Crippen LogP contribution in [0.5, 0.6) is 0 Å². The number of hydrogen-bond acceptors (Lipinski definition) is 8. The Kier molecular flexibility index (Phi) is 7.70. The van der Waals surface area contributed by atoms with Gasteiger partial charge in [-0.2, -0.15) is 0 Å². The standard InChI is InChI=1S/C28H38O8.Na/c1-25(2)35-22-14-20-18-6-5-16-13-17(29)9-11-26(16,3)19(18)10-12-27(20,4)28(22,36-25)21(30)15-34-24(33)8-7-23(31)32;/h13,18-20,22H,5-12,14-15H2,1-4H3,(H,31,32);/q;+1/p-1/t18-,19+,20+,22-,26+,27+,28-;/m1./s1. The summed E-state index contributed by atoms with van der Waals surface area (Å²) in [4.78, 5) is 48.7. The number of ketones is 2. The summed E-state index contributed by atoms with van der Waals surface area (Å²) in [5.74, 6) is -2.04. The molecule has 3 saturated carbocycles. The SMILES string of the molecule is CC1(C)O[C@@H]2C[C@H]3[C@@H]4CCC5=CC(=O)CC[C@]5(C)[C@H]4CC[C@]3(C)[C@]2(C(=O)COC(=O)CCC(=O)[O-])O1.[Na+]. The summed E-state index contributed by atoms with van der Waals surface area (Å²) in [6, 6.07) is 0. The third-order valence-electron chi connectivity index (χ3n) is 10.3. The van der Waals surface area contributed by atoms with Crippen molar-refractivity contribution in [2.45, 2.75) is 103 Å². The number of esters is 1. The van der Waals surface area contributed by atoms with Gasteiger partial charge in [-0.1, -0.05) is 19.4 Å². The van der Waals surface area contributed by atoms with E-state index >= 15 is 0 Å². The number of rotatable bonds is 6. The van der Waals surface area contributed by atoms with E-state index in [2.05, 4.69) is 13.8 Å². The fourth-order valence-corrected chi connectivity index (χ4v) is 8.69. The van der Waals surface area contributed by atoms with Crippen molar-refractivity contribution in [3.05, 3.63) is 11.6 Å². The summed E-state index contributed by atoms with van der Waals surface area (Å²) < 4.78 is 18.1. The van der Waals surface area contributed by atoms with Gasteiger partial charge in [0.2, 0.25) is 5.78 Å². The maximum atomic E-state index is 13.9. The molecular formula is C28H37NaO8. The van der Waals surface area contributed by atoms with Crippen molar-refractivity contribution >= 4 is 23.5 Å². The minimum Gasteiger partial charge on any atom is -0.550 e. The largest absolute Gasteiger partial charge is 1.00 e. The van der Waals surface area contributed by atoms with E-state index in [-0.39, 0.29) is 58.9 Å². The minimum absolute atomic E-state index is 0. The van der Waals surface area contributed by atoms with Gasteiger partial charge < -0.3 is 24.1 Å². The molecule has 8 nitrogen and oxygen atoms in total. The van der Waals surface area contributed by atoms with Crippen LogP contribution in [0, 0.1) is 28.6 Å². The van der Waals surface area contributed by atoms with Crippen LogP contribution in [-0.4, -0.2) is 47.6 Å². The number of allylic oxidation sites excluding steroid dienone is 1. The molecule has 0 spiro atoms. The second-order valence-electron chi connectivity index (χ2n) is 12.5. The van der Waals surface area contributed by atoms with E-state index in [1.165, 1.54) is 5.57 Å². The fraction of sp³-hybridized carbons (Fsp3) is 0.786. The number of carbonyl (C=O) groups is 4. The molecule has 1 saturated heterocycles. The van der Waals surface area contributed by atoms with E-state index < -0.39 is 47.9 Å². The van der Waals surface area contributed by atoms with Gasteiger partial charge in [-0.15, -0.1) is 0 Å². The fourth-order valence-electron chi connectivity index (χ4n) is 8.69. The summed E-state index contributed by atoms with van der Waals surface area (Å²) in [5.41, 5.74) is -0.392. The van der Waals surface area contributed by atoms with Crippen LogP contribution in [0.3, 0.4) is 0 Å². The summed E-state index contributed by atoms with van der Waals surface area (Å²) in [6.07, 6.45) is 6.48. The first kappa shape index (κ1) is 28.9. The van der Waals surface area contributed by atoms with Crippen LogP contribution in [0.15, 0.2) is 11.6 Å². The Morgan fingerprint density at radius 3 is 2.49 bits per heavy atom. The number of carboxylic acid groups (broad SMARTS) is 1. The van der Waals surface area contributed by atoms with Crippen molar-refractivity contribution in [3.63, 3.8) is 0 Å². The summed E-state index contributed by atoms with van der Waals surface area (Å²) in [6.45, 7) is 7.63. The second-order valence-corrected chi connectivity index (χ2v) is 12.5. The predicted octanol–water partition coefficient (Wildman–Crippen LogP) is -0.335. The molecule has 5 aliphatic rings. The Labute approximate surface area is 240 Å². The first-order chi connectivity index (χ1) is 16.8. The van der Waals surface area contributed by atoms with Crippen molar-refractivity contribution in [2.75, 3.05) is 6.61 Å². The van der Waals surface area contributed by atoms with Gasteiger partial charge in [0.15, 0.2) is 23.8 Å². The number of fused-ring (bicyclic) bond motifs is 7. The summed E-state index contributed by atoms with van der Waals surface area (Å²) in [5, 5.41) is 10.7. The topological polar surface area (TPSA) is 119 Å². The molecule has 0 aromatic heterocycles. The molecule has 4 aliphatic carbocycles. The normalized spacial score (nSPS) is 41.3. The van der Waals surface area contributed by atoms with E-state index in [1.807, 2.05) is 19.9 Å². The molecule has 37 heavy (non-hydrogen) atoms. The molecule has 0 amide bonds. The Bertz CT molecular complexity index is 1040. The van der Waals surface area contributed by atoms with E-state index in [1.54, 1.807) is 0 Å². The van der Waals surface area contributed by atoms with Crippen LogP contribution in [-0.2, 0) is 33.4 Å². The van der Waals surface area contributed by atoms with Gasteiger partial charge in [0, 0.05) is 17.8 Å². The molecule has 5 rings (SSSR count). The van der Waals surface area contributed by atoms with Gasteiger partial charge in [0.1, 0.15) is 0 Å². The first-order valence-electron chi connectivity index (χ1n) is 13.3. The average Bonchev–Trinajstić information content (AvgIpc) is 3.22. The molecule has 7 atom stereocenters. The van der Waals surface area contributed by atoms with Gasteiger partial charge in [0.05, 0.1) is 12.5 Å². The Hall–Kier alpha value is -1.06. The zero-order valence-electron chi connectivity index (χ0n) is 22.7. The smallest absolute Gasteiger partial charge is 0.550 e. The quantitative estimate of drug-likeness (QED) is 0.342. The molecule has 0 bridgehead atoms. The Morgan fingerprint density at radius 2 is 1.78 bits per heavy atom. The molecule has 9 heteroatoms. The van der Waals surface area contributed by atoms with Gasteiger partial charge in [-0.3, -0.25) is 14.4 Å². The van der Waals surface area contributed by atoms with E-state index in [4.69, 9.17) is 14.2 Å². The Morgan fingerprint density at radius 1 is 1.05 bits per heavy atom. The van der Waals surface area contributed by atoms with E-state index in [9.17, 15) is 24.3 Å². The third kappa shape index (κ3) is 4.48. The maximum absolute atomic E-state index is 13.9. The van der Waals surface area contributed by atoms with E-state index in [0.29, 0.717) is 24.7 Å². The van der Waals surface area contributed by atoms with Crippen molar-refractivity contribution in [1.29, 1.82) is 0 Å². The molecule has 0 aromatic rings. The zero-order valence-corrected chi connectivity index (χ0v) is 24.7.